The van der Waals surface area contributed by atoms with Gasteiger partial charge in [-0.25, -0.2) is 0 Å². The molecular weight excluding hydrogens is 305 g/mol. The number of carbonyl (C=O) groups excluding carboxylic acids is 1. The molecule has 0 aromatic carbocycles. The highest BCUT2D eigenvalue weighted by atomic mass is 127. The number of esters is 1. The number of halogens is 1. The van der Waals surface area contributed by atoms with Crippen molar-refractivity contribution in [2.75, 3.05) is 24.1 Å². The van der Waals surface area contributed by atoms with Crippen molar-refractivity contribution in [3.8, 4) is 0 Å². The molecular formula is C11H16INO2. The third kappa shape index (κ3) is 1.44. The van der Waals surface area contributed by atoms with Crippen LogP contribution in [0.15, 0.2) is 0 Å². The first-order valence-corrected chi connectivity index (χ1v) is 7.25. The van der Waals surface area contributed by atoms with Crippen LogP contribution in [-0.2, 0) is 9.53 Å². The Morgan fingerprint density at radius 3 is 3.20 bits per heavy atom. The second-order valence-electron chi connectivity index (χ2n) is 5.12. The number of cyclic esters (lactones) is 1. The topological polar surface area (TPSA) is 29.5 Å². The van der Waals surface area contributed by atoms with Crippen molar-refractivity contribution >= 4 is 28.6 Å². The maximum Gasteiger partial charge on any atom is 0.306 e. The third-order valence-electron chi connectivity index (χ3n) is 4.37. The number of hydrogen-bond donors (Lipinski definition) is 0. The fourth-order valence-electron chi connectivity index (χ4n) is 3.66. The Bertz CT molecular complexity index is 296. The zero-order valence-corrected chi connectivity index (χ0v) is 10.9. The molecule has 3 aliphatic rings. The fourth-order valence-corrected chi connectivity index (χ4v) is 4.72. The van der Waals surface area contributed by atoms with E-state index in [2.05, 4.69) is 27.5 Å². The number of fused-ring (bicyclic) bond motifs is 3. The molecule has 3 saturated heterocycles. The predicted octanol–water partition coefficient (Wildman–Crippen LogP) is 1.45. The fraction of sp³-hybridized carbons (Fsp3) is 0.909. The molecule has 3 nitrogen and oxygen atoms in total. The van der Waals surface area contributed by atoms with E-state index in [0.717, 1.165) is 11.0 Å². The van der Waals surface area contributed by atoms with Gasteiger partial charge in [0.25, 0.3) is 0 Å². The average Bonchev–Trinajstić information content (AvgIpc) is 2.67. The smallest absolute Gasteiger partial charge is 0.306 e. The zero-order valence-electron chi connectivity index (χ0n) is 8.75. The second kappa shape index (κ2) is 3.58. The number of alkyl halides is 1. The molecule has 0 aromatic rings. The minimum Gasteiger partial charge on any atom is -0.461 e. The van der Waals surface area contributed by atoms with Crippen LogP contribution < -0.4 is 0 Å². The van der Waals surface area contributed by atoms with Crippen LogP contribution in [0.4, 0.5) is 0 Å². The van der Waals surface area contributed by atoms with Gasteiger partial charge in [-0.3, -0.25) is 4.79 Å². The van der Waals surface area contributed by atoms with Crippen LogP contribution in [0.1, 0.15) is 19.3 Å². The number of rotatable bonds is 1. The minimum atomic E-state index is 0.0328. The number of carbonyl (C=O) groups is 1. The SMILES string of the molecule is O=C1CC2(CN3CCCC2C3)C(CI)O1. The van der Waals surface area contributed by atoms with Gasteiger partial charge in [0.1, 0.15) is 6.10 Å². The first-order valence-electron chi connectivity index (χ1n) is 5.72. The highest BCUT2D eigenvalue weighted by Crippen LogP contribution is 2.51. The Kier molecular flexibility index (Phi) is 2.47. The van der Waals surface area contributed by atoms with Crippen molar-refractivity contribution < 1.29 is 9.53 Å². The molecule has 3 aliphatic heterocycles. The van der Waals surface area contributed by atoms with E-state index >= 15 is 0 Å². The van der Waals surface area contributed by atoms with Crippen LogP contribution in [-0.4, -0.2) is 41.0 Å². The Labute approximate surface area is 104 Å². The number of piperidine rings is 1. The van der Waals surface area contributed by atoms with Gasteiger partial charge in [-0.05, 0) is 25.3 Å². The van der Waals surface area contributed by atoms with Crippen molar-refractivity contribution in [1.82, 2.24) is 4.90 Å². The van der Waals surface area contributed by atoms with Crippen LogP contribution in [0.2, 0.25) is 0 Å². The van der Waals surface area contributed by atoms with E-state index in [1.54, 1.807) is 0 Å². The van der Waals surface area contributed by atoms with Gasteiger partial charge in [0.05, 0.1) is 6.42 Å². The van der Waals surface area contributed by atoms with E-state index in [9.17, 15) is 4.79 Å². The molecule has 0 aliphatic carbocycles. The van der Waals surface area contributed by atoms with Gasteiger partial charge in [-0.15, -0.1) is 0 Å². The van der Waals surface area contributed by atoms with Crippen LogP contribution in [0, 0.1) is 11.3 Å². The molecule has 0 amide bonds. The molecule has 3 heterocycles. The molecule has 2 bridgehead atoms. The Morgan fingerprint density at radius 2 is 2.47 bits per heavy atom. The Hall–Kier alpha value is 0.160. The summed E-state index contributed by atoms with van der Waals surface area (Å²) in [4.78, 5) is 14.0. The number of hydrogen-bond acceptors (Lipinski definition) is 3. The lowest BCUT2D eigenvalue weighted by Crippen LogP contribution is -2.38. The zero-order chi connectivity index (χ0) is 10.5. The van der Waals surface area contributed by atoms with Crippen molar-refractivity contribution in [2.24, 2.45) is 11.3 Å². The lowest BCUT2D eigenvalue weighted by molar-refractivity contribution is -0.140. The summed E-state index contributed by atoms with van der Waals surface area (Å²) in [5, 5.41) is 0. The molecule has 15 heavy (non-hydrogen) atoms. The summed E-state index contributed by atoms with van der Waals surface area (Å²) in [6, 6.07) is 0. The van der Waals surface area contributed by atoms with Crippen molar-refractivity contribution in [1.29, 1.82) is 0 Å². The first kappa shape index (κ1) is 10.3. The van der Waals surface area contributed by atoms with Gasteiger partial charge in [0.2, 0.25) is 0 Å². The van der Waals surface area contributed by atoms with Crippen LogP contribution in [0.5, 0.6) is 0 Å². The summed E-state index contributed by atoms with van der Waals surface area (Å²) in [5.74, 6) is 0.739. The summed E-state index contributed by atoms with van der Waals surface area (Å²) in [6.07, 6.45) is 3.44. The highest BCUT2D eigenvalue weighted by molar-refractivity contribution is 14.1. The molecule has 3 fully saturated rings. The molecule has 4 heteroatoms. The second-order valence-corrected chi connectivity index (χ2v) is 6.00. The molecule has 0 saturated carbocycles. The lowest BCUT2D eigenvalue weighted by atomic mass is 9.71. The van der Waals surface area contributed by atoms with Crippen molar-refractivity contribution in [3.05, 3.63) is 0 Å². The molecule has 84 valence electrons. The van der Waals surface area contributed by atoms with Gasteiger partial charge >= 0.3 is 5.97 Å². The monoisotopic (exact) mass is 321 g/mol. The third-order valence-corrected chi connectivity index (χ3v) is 5.17. The lowest BCUT2D eigenvalue weighted by Gasteiger charge is -2.32. The van der Waals surface area contributed by atoms with E-state index in [-0.39, 0.29) is 17.5 Å². The van der Waals surface area contributed by atoms with Gasteiger partial charge in [0, 0.05) is 22.9 Å². The average molecular weight is 321 g/mol. The molecule has 0 radical (unpaired) electrons. The Balaban J connectivity index is 1.92. The number of nitrogens with zero attached hydrogens (tertiary/aromatic N) is 1. The Morgan fingerprint density at radius 1 is 1.60 bits per heavy atom. The first-order chi connectivity index (χ1) is 7.24. The van der Waals surface area contributed by atoms with Crippen LogP contribution in [0.25, 0.3) is 0 Å². The van der Waals surface area contributed by atoms with Gasteiger partial charge in [-0.1, -0.05) is 22.6 Å². The van der Waals surface area contributed by atoms with Gasteiger partial charge < -0.3 is 9.64 Å². The van der Waals surface area contributed by atoms with Crippen LogP contribution >= 0.6 is 22.6 Å². The molecule has 0 N–H and O–H groups in total. The van der Waals surface area contributed by atoms with E-state index in [4.69, 9.17) is 4.74 Å². The maximum absolute atomic E-state index is 11.5. The van der Waals surface area contributed by atoms with Crippen molar-refractivity contribution in [3.63, 3.8) is 0 Å². The molecule has 0 aromatic heterocycles. The normalized spacial score (nSPS) is 48.6. The summed E-state index contributed by atoms with van der Waals surface area (Å²) >= 11 is 2.36. The number of ether oxygens (including phenoxy) is 1. The predicted molar refractivity (Wildman–Crippen MR) is 65.0 cm³/mol. The maximum atomic E-state index is 11.5. The van der Waals surface area contributed by atoms with Gasteiger partial charge in [0.15, 0.2) is 0 Å². The molecule has 1 spiro atoms. The van der Waals surface area contributed by atoms with Crippen molar-refractivity contribution in [2.45, 2.75) is 25.4 Å². The molecule has 3 rings (SSSR count). The quantitative estimate of drug-likeness (QED) is 0.416. The minimum absolute atomic E-state index is 0.0328. The van der Waals surface area contributed by atoms with E-state index in [0.29, 0.717) is 12.3 Å². The molecule has 4 unspecified atom stereocenters. The highest BCUT2D eigenvalue weighted by Gasteiger charge is 2.58. The standard InChI is InChI=1S/C11H16INO2/c12-5-9-11(4-10(14)15-9)7-13-3-1-2-8(11)6-13/h8-9H,1-7H2. The van der Waals surface area contributed by atoms with Crippen LogP contribution in [0.3, 0.4) is 0 Å². The van der Waals surface area contributed by atoms with E-state index in [1.165, 1.54) is 25.9 Å². The van der Waals surface area contributed by atoms with Gasteiger partial charge in [-0.2, -0.15) is 0 Å². The largest absolute Gasteiger partial charge is 0.461 e. The van der Waals surface area contributed by atoms with E-state index < -0.39 is 0 Å². The summed E-state index contributed by atoms with van der Waals surface area (Å²) < 4.78 is 6.44. The van der Waals surface area contributed by atoms with E-state index in [1.807, 2.05) is 0 Å². The summed E-state index contributed by atoms with van der Waals surface area (Å²) in [7, 11) is 0. The summed E-state index contributed by atoms with van der Waals surface area (Å²) in [5.41, 5.74) is 0.175. The molecule has 4 atom stereocenters. The summed E-state index contributed by atoms with van der Waals surface area (Å²) in [6.45, 7) is 3.52.